The summed E-state index contributed by atoms with van der Waals surface area (Å²) in [5.41, 5.74) is 11.8. The van der Waals surface area contributed by atoms with Crippen molar-refractivity contribution in [2.45, 2.75) is 0 Å². The lowest BCUT2D eigenvalue weighted by atomic mass is 10.0. The van der Waals surface area contributed by atoms with Gasteiger partial charge in [-0.3, -0.25) is 4.57 Å². The Morgan fingerprint density at radius 2 is 0.900 bits per heavy atom. The van der Waals surface area contributed by atoms with Crippen molar-refractivity contribution < 1.29 is 0 Å². The Morgan fingerprint density at radius 1 is 0.400 bits per heavy atom. The minimum atomic E-state index is 0.618. The maximum Gasteiger partial charge on any atom is 0.139 e. The van der Waals surface area contributed by atoms with Gasteiger partial charge in [-0.2, -0.15) is 5.26 Å². The first-order chi connectivity index (χ1) is 24.7. The molecule has 232 valence electrons. The summed E-state index contributed by atoms with van der Waals surface area (Å²) in [7, 11) is 0. The van der Waals surface area contributed by atoms with E-state index in [9.17, 15) is 5.26 Å². The van der Waals surface area contributed by atoms with E-state index in [-0.39, 0.29) is 0 Å². The highest BCUT2D eigenvalue weighted by atomic mass is 15.1. The van der Waals surface area contributed by atoms with E-state index in [4.69, 9.17) is 4.98 Å². The van der Waals surface area contributed by atoms with Gasteiger partial charge >= 0.3 is 0 Å². The molecule has 10 rings (SSSR count). The Labute approximate surface area is 288 Å². The smallest absolute Gasteiger partial charge is 0.139 e. The van der Waals surface area contributed by atoms with Gasteiger partial charge in [0.05, 0.1) is 39.2 Å². The third-order valence-corrected chi connectivity index (χ3v) is 9.96. The normalized spacial score (nSPS) is 11.6. The van der Waals surface area contributed by atoms with E-state index in [1.54, 1.807) is 0 Å². The molecule has 0 fully saturated rings. The number of rotatable bonds is 4. The van der Waals surface area contributed by atoms with E-state index in [2.05, 4.69) is 155 Å². The second-order valence-corrected chi connectivity index (χ2v) is 12.7. The van der Waals surface area contributed by atoms with Crippen LogP contribution >= 0.6 is 0 Å². The summed E-state index contributed by atoms with van der Waals surface area (Å²) in [6.07, 6.45) is 0. The molecule has 0 N–H and O–H groups in total. The Morgan fingerprint density at radius 3 is 1.56 bits per heavy atom. The number of benzene rings is 7. The lowest BCUT2D eigenvalue weighted by molar-refractivity contribution is 1.10. The van der Waals surface area contributed by atoms with Crippen LogP contribution in [0, 0.1) is 11.3 Å². The lowest BCUT2D eigenvalue weighted by Gasteiger charge is -2.11. The number of aromatic nitrogens is 3. The molecule has 50 heavy (non-hydrogen) atoms. The average molecular weight is 637 g/mol. The predicted octanol–water partition coefficient (Wildman–Crippen LogP) is 11.6. The Balaban J connectivity index is 1.13. The first kappa shape index (κ1) is 28.1. The molecule has 0 saturated carbocycles. The van der Waals surface area contributed by atoms with E-state index < -0.39 is 0 Å². The fourth-order valence-electron chi connectivity index (χ4n) is 7.63. The van der Waals surface area contributed by atoms with Crippen molar-refractivity contribution in [3.05, 3.63) is 175 Å². The largest absolute Gasteiger partial charge is 0.309 e. The Kier molecular flexibility index (Phi) is 6.21. The summed E-state index contributed by atoms with van der Waals surface area (Å²) >= 11 is 0. The van der Waals surface area contributed by atoms with Gasteiger partial charge in [0.1, 0.15) is 5.82 Å². The van der Waals surface area contributed by atoms with Crippen LogP contribution in [0.25, 0.3) is 88.3 Å². The monoisotopic (exact) mass is 636 g/mol. The van der Waals surface area contributed by atoms with Gasteiger partial charge in [0.2, 0.25) is 0 Å². The number of nitrogens with zero attached hydrogens (tertiary/aromatic N) is 4. The van der Waals surface area contributed by atoms with Crippen molar-refractivity contribution >= 4 is 54.5 Å². The first-order valence-electron chi connectivity index (χ1n) is 16.8. The van der Waals surface area contributed by atoms with E-state index in [0.717, 1.165) is 55.3 Å². The van der Waals surface area contributed by atoms with Crippen LogP contribution in [0.4, 0.5) is 0 Å². The molecule has 3 heterocycles. The summed E-state index contributed by atoms with van der Waals surface area (Å²) in [4.78, 5) is 5.03. The van der Waals surface area contributed by atoms with Crippen molar-refractivity contribution in [3.8, 4) is 39.8 Å². The number of pyridine rings is 1. The lowest BCUT2D eigenvalue weighted by Crippen LogP contribution is -1.99. The molecule has 0 radical (unpaired) electrons. The van der Waals surface area contributed by atoms with Crippen LogP contribution in [0.3, 0.4) is 0 Å². The number of para-hydroxylation sites is 3. The molecule has 0 spiro atoms. The standard InChI is InChI=1S/C46H28N4/c47-29-34-28-46(48-41-15-7-4-12-36(34)41)50-43-17-9-6-14-38(43)40-27-33(21-25-45(40)50)32-20-24-44-39(26-32)37-13-5-8-16-42(37)49(44)35-22-18-31(19-23-35)30-10-2-1-3-11-30/h1-28H. The van der Waals surface area contributed by atoms with Gasteiger partial charge in [-0.25, -0.2) is 4.98 Å². The Bertz CT molecular complexity index is 2980. The molecular weight excluding hydrogens is 609 g/mol. The van der Waals surface area contributed by atoms with Gasteiger partial charge in [-0.15, -0.1) is 0 Å². The van der Waals surface area contributed by atoms with E-state index in [1.165, 1.54) is 32.9 Å². The molecule has 0 aliphatic heterocycles. The molecular formula is C46H28N4. The quantitative estimate of drug-likeness (QED) is 0.193. The maximum atomic E-state index is 10.0. The third kappa shape index (κ3) is 4.28. The first-order valence-corrected chi connectivity index (χ1v) is 16.8. The average Bonchev–Trinajstić information content (AvgIpc) is 3.70. The number of fused-ring (bicyclic) bond motifs is 7. The molecule has 0 amide bonds. The van der Waals surface area contributed by atoms with Crippen molar-refractivity contribution in [3.63, 3.8) is 0 Å². The zero-order valence-corrected chi connectivity index (χ0v) is 27.0. The molecule has 0 unspecified atom stereocenters. The molecule has 3 aromatic heterocycles. The topological polar surface area (TPSA) is 46.5 Å². The van der Waals surface area contributed by atoms with Crippen LogP contribution in [-0.4, -0.2) is 14.1 Å². The summed E-state index contributed by atoms with van der Waals surface area (Å²) in [5.74, 6) is 0.741. The summed E-state index contributed by atoms with van der Waals surface area (Å²) in [5, 5.41) is 15.6. The molecule has 0 bridgehead atoms. The number of hydrogen-bond acceptors (Lipinski definition) is 2. The molecule has 0 saturated heterocycles. The van der Waals surface area contributed by atoms with Crippen LogP contribution in [0.15, 0.2) is 170 Å². The second kappa shape index (κ2) is 11.1. The molecule has 0 aliphatic rings. The van der Waals surface area contributed by atoms with E-state index >= 15 is 0 Å². The van der Waals surface area contributed by atoms with Crippen LogP contribution in [0.1, 0.15) is 5.56 Å². The van der Waals surface area contributed by atoms with Crippen LogP contribution in [0.5, 0.6) is 0 Å². The molecule has 0 atom stereocenters. The highest BCUT2D eigenvalue weighted by Crippen LogP contribution is 2.38. The molecule has 7 aromatic carbocycles. The third-order valence-electron chi connectivity index (χ3n) is 9.96. The molecule has 4 nitrogen and oxygen atoms in total. The summed E-state index contributed by atoms with van der Waals surface area (Å²) < 4.78 is 4.55. The zero-order valence-electron chi connectivity index (χ0n) is 27.0. The summed E-state index contributed by atoms with van der Waals surface area (Å²) in [6, 6.07) is 62.1. The van der Waals surface area contributed by atoms with Crippen LogP contribution < -0.4 is 0 Å². The van der Waals surface area contributed by atoms with Gasteiger partial charge in [0.15, 0.2) is 0 Å². The van der Waals surface area contributed by atoms with Crippen molar-refractivity contribution in [2.75, 3.05) is 0 Å². The van der Waals surface area contributed by atoms with E-state index in [1.807, 2.05) is 30.3 Å². The van der Waals surface area contributed by atoms with Gasteiger partial charge < -0.3 is 4.57 Å². The van der Waals surface area contributed by atoms with Gasteiger partial charge in [0, 0.05) is 32.6 Å². The highest BCUT2D eigenvalue weighted by Gasteiger charge is 2.17. The van der Waals surface area contributed by atoms with Gasteiger partial charge in [-0.05, 0) is 82.9 Å². The van der Waals surface area contributed by atoms with Crippen molar-refractivity contribution in [1.82, 2.24) is 14.1 Å². The second-order valence-electron chi connectivity index (χ2n) is 12.7. The maximum absolute atomic E-state index is 10.0. The zero-order chi connectivity index (χ0) is 33.2. The molecule has 0 aliphatic carbocycles. The Hall–Kier alpha value is -6.96. The molecule has 10 aromatic rings. The van der Waals surface area contributed by atoms with Crippen LogP contribution in [-0.2, 0) is 0 Å². The minimum Gasteiger partial charge on any atom is -0.309 e. The highest BCUT2D eigenvalue weighted by molar-refractivity contribution is 6.12. The van der Waals surface area contributed by atoms with Crippen molar-refractivity contribution in [1.29, 1.82) is 5.26 Å². The minimum absolute atomic E-state index is 0.618. The fraction of sp³-hybridized carbons (Fsp3) is 0. The van der Waals surface area contributed by atoms with Gasteiger partial charge in [-0.1, -0.05) is 109 Å². The van der Waals surface area contributed by atoms with E-state index in [0.29, 0.717) is 5.56 Å². The number of nitriles is 1. The SMILES string of the molecule is N#Cc1cc(-n2c3ccccc3c3cc(-c4ccc5c(c4)c4ccccc4n5-c4ccc(-c5ccccc5)cc4)ccc32)nc2ccccc12. The van der Waals surface area contributed by atoms with Crippen LogP contribution in [0.2, 0.25) is 0 Å². The van der Waals surface area contributed by atoms with Crippen molar-refractivity contribution in [2.24, 2.45) is 0 Å². The molecule has 4 heteroatoms. The predicted molar refractivity (Wildman–Crippen MR) is 206 cm³/mol. The fourth-order valence-corrected chi connectivity index (χ4v) is 7.63. The summed E-state index contributed by atoms with van der Waals surface area (Å²) in [6.45, 7) is 0. The van der Waals surface area contributed by atoms with Gasteiger partial charge in [0.25, 0.3) is 0 Å². The number of hydrogen-bond donors (Lipinski definition) is 0.